The van der Waals surface area contributed by atoms with Crippen LogP contribution in [0.15, 0.2) is 46.9 Å². The first kappa shape index (κ1) is 15.9. The number of para-hydroxylation sites is 1. The lowest BCUT2D eigenvalue weighted by atomic mass is 10.2. The molecule has 0 saturated heterocycles. The zero-order valence-electron chi connectivity index (χ0n) is 11.7. The third kappa shape index (κ3) is 3.99. The molecule has 0 fully saturated rings. The Morgan fingerprint density at radius 3 is 2.57 bits per heavy atom. The molecule has 2 aromatic carbocycles. The van der Waals surface area contributed by atoms with Gasteiger partial charge in [-0.25, -0.2) is 0 Å². The Morgan fingerprint density at radius 1 is 1.24 bits per heavy atom. The first-order valence-electron chi connectivity index (χ1n) is 6.46. The van der Waals surface area contributed by atoms with Crippen LogP contribution in [0, 0.1) is 6.92 Å². The van der Waals surface area contributed by atoms with Crippen molar-refractivity contribution in [2.24, 2.45) is 0 Å². The number of hydrogen-bond donors (Lipinski definition) is 1. The maximum Gasteiger partial charge on any atom is 0.265 e. The zero-order chi connectivity index (χ0) is 15.4. The second-order valence-corrected chi connectivity index (χ2v) is 5.80. The van der Waals surface area contributed by atoms with Gasteiger partial charge in [-0.15, -0.1) is 0 Å². The Kier molecular flexibility index (Phi) is 5.26. The van der Waals surface area contributed by atoms with Crippen LogP contribution < -0.4 is 10.1 Å². The summed E-state index contributed by atoms with van der Waals surface area (Å²) in [6, 6.07) is 12.8. The number of halogens is 2. The van der Waals surface area contributed by atoms with Crippen LogP contribution in [0.4, 0.5) is 5.69 Å². The number of hydrogen-bond acceptors (Lipinski definition) is 2. The molecular formula is C16H15BrClNO2. The highest BCUT2D eigenvalue weighted by Gasteiger charge is 2.17. The quantitative estimate of drug-likeness (QED) is 0.840. The van der Waals surface area contributed by atoms with Gasteiger partial charge in [0, 0.05) is 10.7 Å². The van der Waals surface area contributed by atoms with Crippen molar-refractivity contribution >= 4 is 39.1 Å². The number of carbonyl (C=O) groups excluding carboxylic acids is 1. The van der Waals surface area contributed by atoms with Crippen LogP contribution in [0.2, 0.25) is 5.02 Å². The molecule has 0 aliphatic rings. The van der Waals surface area contributed by atoms with E-state index >= 15 is 0 Å². The summed E-state index contributed by atoms with van der Waals surface area (Å²) in [6.45, 7) is 3.59. The van der Waals surface area contributed by atoms with Crippen molar-refractivity contribution in [3.05, 3.63) is 57.5 Å². The topological polar surface area (TPSA) is 38.3 Å². The van der Waals surface area contributed by atoms with Crippen molar-refractivity contribution in [1.82, 2.24) is 0 Å². The van der Waals surface area contributed by atoms with E-state index in [0.717, 1.165) is 15.7 Å². The van der Waals surface area contributed by atoms with Gasteiger partial charge in [0.15, 0.2) is 6.10 Å². The van der Waals surface area contributed by atoms with Crippen LogP contribution in [0.25, 0.3) is 0 Å². The van der Waals surface area contributed by atoms with Crippen molar-refractivity contribution in [1.29, 1.82) is 0 Å². The van der Waals surface area contributed by atoms with E-state index in [0.29, 0.717) is 10.8 Å². The summed E-state index contributed by atoms with van der Waals surface area (Å²) >= 11 is 9.46. The van der Waals surface area contributed by atoms with E-state index in [1.54, 1.807) is 19.1 Å². The van der Waals surface area contributed by atoms with E-state index in [4.69, 9.17) is 16.3 Å². The molecule has 1 amide bonds. The molecule has 110 valence electrons. The lowest BCUT2D eigenvalue weighted by molar-refractivity contribution is -0.122. The van der Waals surface area contributed by atoms with Gasteiger partial charge in [-0.1, -0.05) is 29.8 Å². The van der Waals surface area contributed by atoms with Gasteiger partial charge in [-0.3, -0.25) is 4.79 Å². The van der Waals surface area contributed by atoms with Crippen molar-refractivity contribution in [2.45, 2.75) is 20.0 Å². The first-order chi connectivity index (χ1) is 9.99. The van der Waals surface area contributed by atoms with Gasteiger partial charge in [0.25, 0.3) is 5.91 Å². The summed E-state index contributed by atoms with van der Waals surface area (Å²) in [5.74, 6) is 0.383. The second kappa shape index (κ2) is 6.96. The van der Waals surface area contributed by atoms with Gasteiger partial charge < -0.3 is 10.1 Å². The summed E-state index contributed by atoms with van der Waals surface area (Å²) in [5.41, 5.74) is 1.62. The predicted molar refractivity (Wildman–Crippen MR) is 89.1 cm³/mol. The van der Waals surface area contributed by atoms with E-state index in [2.05, 4.69) is 21.2 Å². The lowest BCUT2D eigenvalue weighted by Gasteiger charge is -2.17. The molecule has 0 aliphatic heterocycles. The van der Waals surface area contributed by atoms with Crippen LogP contribution in [0.3, 0.4) is 0 Å². The Labute approximate surface area is 137 Å². The molecule has 0 radical (unpaired) electrons. The standard InChI is InChI=1S/C16H15BrClNO2/c1-10-13(18)8-9-14(15(10)17)21-11(2)16(20)19-12-6-4-3-5-7-12/h3-9,11H,1-2H3,(H,19,20). The molecule has 0 bridgehead atoms. The fraction of sp³-hybridized carbons (Fsp3) is 0.188. The van der Waals surface area contributed by atoms with Gasteiger partial charge in [0.2, 0.25) is 0 Å². The largest absolute Gasteiger partial charge is 0.480 e. The van der Waals surface area contributed by atoms with Crippen molar-refractivity contribution in [3.63, 3.8) is 0 Å². The molecule has 0 heterocycles. The molecule has 0 spiro atoms. The van der Waals surface area contributed by atoms with Gasteiger partial charge in [-0.2, -0.15) is 0 Å². The zero-order valence-corrected chi connectivity index (χ0v) is 14.0. The molecule has 0 aliphatic carbocycles. The summed E-state index contributed by atoms with van der Waals surface area (Å²) in [7, 11) is 0. The summed E-state index contributed by atoms with van der Waals surface area (Å²) in [4.78, 5) is 12.1. The normalized spacial score (nSPS) is 11.8. The second-order valence-electron chi connectivity index (χ2n) is 4.60. The molecule has 3 nitrogen and oxygen atoms in total. The van der Waals surface area contributed by atoms with Crippen LogP contribution >= 0.6 is 27.5 Å². The minimum atomic E-state index is -0.623. The van der Waals surface area contributed by atoms with Crippen LogP contribution in [-0.2, 0) is 4.79 Å². The number of benzene rings is 2. The maximum absolute atomic E-state index is 12.1. The smallest absolute Gasteiger partial charge is 0.265 e. The van der Waals surface area contributed by atoms with Crippen molar-refractivity contribution in [3.8, 4) is 5.75 Å². The average Bonchev–Trinajstić information content (AvgIpc) is 2.48. The molecule has 1 unspecified atom stereocenters. The van der Waals surface area contributed by atoms with Gasteiger partial charge >= 0.3 is 0 Å². The first-order valence-corrected chi connectivity index (χ1v) is 7.63. The molecule has 0 aromatic heterocycles. The van der Waals surface area contributed by atoms with Gasteiger partial charge in [-0.05, 0) is 59.6 Å². The molecular weight excluding hydrogens is 354 g/mol. The van der Waals surface area contributed by atoms with Crippen LogP contribution in [-0.4, -0.2) is 12.0 Å². The fourth-order valence-corrected chi connectivity index (χ4v) is 2.45. The monoisotopic (exact) mass is 367 g/mol. The number of ether oxygens (including phenoxy) is 1. The van der Waals surface area contributed by atoms with Gasteiger partial charge in [0.05, 0.1) is 4.47 Å². The lowest BCUT2D eigenvalue weighted by Crippen LogP contribution is -2.30. The van der Waals surface area contributed by atoms with E-state index < -0.39 is 6.10 Å². The Morgan fingerprint density at radius 2 is 1.90 bits per heavy atom. The van der Waals surface area contributed by atoms with Crippen LogP contribution in [0.1, 0.15) is 12.5 Å². The highest BCUT2D eigenvalue weighted by Crippen LogP contribution is 2.33. The van der Waals surface area contributed by atoms with Gasteiger partial charge in [0.1, 0.15) is 5.75 Å². The molecule has 0 saturated carbocycles. The van der Waals surface area contributed by atoms with E-state index in [9.17, 15) is 4.79 Å². The number of anilines is 1. The van der Waals surface area contributed by atoms with Crippen LogP contribution in [0.5, 0.6) is 5.75 Å². The number of carbonyl (C=O) groups is 1. The third-order valence-electron chi connectivity index (χ3n) is 3.00. The van der Waals surface area contributed by atoms with E-state index in [-0.39, 0.29) is 5.91 Å². The highest BCUT2D eigenvalue weighted by atomic mass is 79.9. The SMILES string of the molecule is Cc1c(Cl)ccc(OC(C)C(=O)Nc2ccccc2)c1Br. The van der Waals surface area contributed by atoms with Crippen molar-refractivity contribution < 1.29 is 9.53 Å². The Balaban J connectivity index is 2.06. The number of rotatable bonds is 4. The molecule has 2 aromatic rings. The summed E-state index contributed by atoms with van der Waals surface area (Å²) < 4.78 is 6.46. The molecule has 1 N–H and O–H groups in total. The maximum atomic E-state index is 12.1. The molecule has 21 heavy (non-hydrogen) atoms. The average molecular weight is 369 g/mol. The van der Waals surface area contributed by atoms with E-state index in [1.165, 1.54) is 0 Å². The summed E-state index contributed by atoms with van der Waals surface area (Å²) in [6.07, 6.45) is -0.623. The third-order valence-corrected chi connectivity index (χ3v) is 4.39. The minimum absolute atomic E-state index is 0.208. The van der Waals surface area contributed by atoms with E-state index in [1.807, 2.05) is 37.3 Å². The van der Waals surface area contributed by atoms with Crippen molar-refractivity contribution in [2.75, 3.05) is 5.32 Å². The number of nitrogens with one attached hydrogen (secondary N) is 1. The Bertz CT molecular complexity index is 646. The molecule has 1 atom stereocenters. The molecule has 5 heteroatoms. The predicted octanol–water partition coefficient (Wildman–Crippen LogP) is 4.82. The Hall–Kier alpha value is -1.52. The highest BCUT2D eigenvalue weighted by molar-refractivity contribution is 9.10. The summed E-state index contributed by atoms with van der Waals surface area (Å²) in [5, 5.41) is 3.45. The molecule has 2 rings (SSSR count). The minimum Gasteiger partial charge on any atom is -0.480 e. The number of amides is 1. The fourth-order valence-electron chi connectivity index (χ4n) is 1.74.